The number of aromatic nitrogens is 1. The quantitative estimate of drug-likeness (QED) is 0.769. The van der Waals surface area contributed by atoms with Crippen molar-refractivity contribution in [3.63, 3.8) is 0 Å². The first-order valence-corrected chi connectivity index (χ1v) is 4.85. The second kappa shape index (κ2) is 4.17. The lowest BCUT2D eigenvalue weighted by molar-refractivity contribution is 0.299. The van der Waals surface area contributed by atoms with Crippen molar-refractivity contribution in [1.82, 2.24) is 4.98 Å². The number of aryl methyl sites for hydroxylation is 2. The first kappa shape index (κ1) is 9.77. The van der Waals surface area contributed by atoms with Gasteiger partial charge in [-0.3, -0.25) is 0 Å². The lowest BCUT2D eigenvalue weighted by Gasteiger charge is -2.06. The summed E-state index contributed by atoms with van der Waals surface area (Å²) in [6, 6.07) is 7.91. The molecule has 1 aromatic heterocycles. The third kappa shape index (κ3) is 2.37. The molecule has 0 radical (unpaired) electrons. The first-order chi connectivity index (χ1) is 7.25. The van der Waals surface area contributed by atoms with E-state index in [1.165, 1.54) is 0 Å². The van der Waals surface area contributed by atoms with Crippen molar-refractivity contribution in [2.24, 2.45) is 0 Å². The summed E-state index contributed by atoms with van der Waals surface area (Å²) in [5.74, 6) is 1.55. The summed E-state index contributed by atoms with van der Waals surface area (Å²) in [7, 11) is 0. The number of rotatable bonds is 3. The third-order valence-corrected chi connectivity index (χ3v) is 2.14. The molecule has 1 aromatic carbocycles. The Morgan fingerprint density at radius 2 is 2.07 bits per heavy atom. The van der Waals surface area contributed by atoms with E-state index in [4.69, 9.17) is 9.15 Å². The Kier molecular flexibility index (Phi) is 2.72. The fraction of sp³-hybridized carbons (Fsp3) is 0.250. The fourth-order valence-corrected chi connectivity index (χ4v) is 1.34. The highest BCUT2D eigenvalue weighted by Gasteiger charge is 2.02. The number of hydrogen-bond acceptors (Lipinski definition) is 3. The Bertz CT molecular complexity index is 448. The number of nitrogens with zero attached hydrogens (tertiary/aromatic N) is 1. The van der Waals surface area contributed by atoms with Crippen LogP contribution in [0.25, 0.3) is 0 Å². The zero-order valence-electron chi connectivity index (χ0n) is 8.86. The van der Waals surface area contributed by atoms with Crippen molar-refractivity contribution >= 4 is 0 Å². The van der Waals surface area contributed by atoms with Gasteiger partial charge in [0.05, 0.1) is 0 Å². The maximum absolute atomic E-state index is 5.61. The highest BCUT2D eigenvalue weighted by Crippen LogP contribution is 2.17. The average Bonchev–Trinajstić information content (AvgIpc) is 2.63. The normalized spacial score (nSPS) is 10.3. The zero-order chi connectivity index (χ0) is 10.7. The largest absolute Gasteiger partial charge is 0.487 e. The Labute approximate surface area is 88.7 Å². The molecule has 2 aromatic rings. The van der Waals surface area contributed by atoms with Crippen LogP contribution in [0, 0.1) is 13.8 Å². The summed E-state index contributed by atoms with van der Waals surface area (Å²) < 4.78 is 10.7. The average molecular weight is 203 g/mol. The number of benzene rings is 1. The van der Waals surface area contributed by atoms with Gasteiger partial charge < -0.3 is 9.15 Å². The van der Waals surface area contributed by atoms with Crippen LogP contribution in [0.15, 0.2) is 34.9 Å². The molecule has 0 amide bonds. The summed E-state index contributed by atoms with van der Waals surface area (Å²) in [6.45, 7) is 4.28. The molecule has 15 heavy (non-hydrogen) atoms. The van der Waals surface area contributed by atoms with E-state index in [0.29, 0.717) is 12.5 Å². The third-order valence-electron chi connectivity index (χ3n) is 2.14. The van der Waals surface area contributed by atoms with E-state index in [-0.39, 0.29) is 0 Å². The molecule has 0 bridgehead atoms. The molecular formula is C12H13NO2. The predicted molar refractivity (Wildman–Crippen MR) is 56.8 cm³/mol. The Balaban J connectivity index is 2.02. The molecule has 78 valence electrons. The maximum atomic E-state index is 5.61. The van der Waals surface area contributed by atoms with Gasteiger partial charge in [0.2, 0.25) is 0 Å². The van der Waals surface area contributed by atoms with Crippen LogP contribution in [0.2, 0.25) is 0 Å². The van der Waals surface area contributed by atoms with E-state index in [9.17, 15) is 0 Å². The van der Waals surface area contributed by atoms with E-state index < -0.39 is 0 Å². The van der Waals surface area contributed by atoms with Crippen molar-refractivity contribution in [3.8, 4) is 5.75 Å². The number of para-hydroxylation sites is 1. The molecule has 3 nitrogen and oxygen atoms in total. The van der Waals surface area contributed by atoms with Crippen molar-refractivity contribution in [2.45, 2.75) is 20.5 Å². The summed E-state index contributed by atoms with van der Waals surface area (Å²) in [4.78, 5) is 4.16. The van der Waals surface area contributed by atoms with Crippen LogP contribution < -0.4 is 4.74 Å². The van der Waals surface area contributed by atoms with E-state index in [1.807, 2.05) is 38.1 Å². The van der Waals surface area contributed by atoms with E-state index >= 15 is 0 Å². The van der Waals surface area contributed by atoms with Crippen molar-refractivity contribution in [1.29, 1.82) is 0 Å². The summed E-state index contributed by atoms with van der Waals surface area (Å²) in [5.41, 5.74) is 1.94. The summed E-state index contributed by atoms with van der Waals surface area (Å²) >= 11 is 0. The Morgan fingerprint density at radius 1 is 1.27 bits per heavy atom. The van der Waals surface area contributed by atoms with Crippen LogP contribution in [0.5, 0.6) is 5.75 Å². The number of oxazole rings is 1. The maximum Gasteiger partial charge on any atom is 0.191 e. The Hall–Kier alpha value is -1.77. The summed E-state index contributed by atoms with van der Waals surface area (Å²) in [5, 5.41) is 0. The highest BCUT2D eigenvalue weighted by atomic mass is 16.5. The predicted octanol–water partition coefficient (Wildman–Crippen LogP) is 2.87. The smallest absolute Gasteiger partial charge is 0.191 e. The number of ether oxygens (including phenoxy) is 1. The molecule has 0 spiro atoms. The van der Waals surface area contributed by atoms with Gasteiger partial charge in [0.25, 0.3) is 0 Å². The van der Waals surface area contributed by atoms with Crippen LogP contribution >= 0.6 is 0 Å². The fourth-order valence-electron chi connectivity index (χ4n) is 1.34. The van der Waals surface area contributed by atoms with Gasteiger partial charge in [0, 0.05) is 6.92 Å². The minimum atomic E-state index is 0.447. The van der Waals surface area contributed by atoms with Crippen LogP contribution in [-0.4, -0.2) is 4.98 Å². The zero-order valence-corrected chi connectivity index (χ0v) is 8.86. The lowest BCUT2D eigenvalue weighted by atomic mass is 10.2. The van der Waals surface area contributed by atoms with Crippen LogP contribution in [-0.2, 0) is 6.61 Å². The van der Waals surface area contributed by atoms with Gasteiger partial charge in [-0.15, -0.1) is 0 Å². The summed E-state index contributed by atoms with van der Waals surface area (Å²) in [6.07, 6.45) is 1.62. The standard InChI is InChI=1S/C12H13NO2/c1-9-5-3-4-6-12(9)15-8-11-7-14-10(2)13-11/h3-7H,8H2,1-2H3. The van der Waals surface area contributed by atoms with Crippen molar-refractivity contribution < 1.29 is 9.15 Å². The van der Waals surface area contributed by atoms with E-state index in [2.05, 4.69) is 4.98 Å². The minimum absolute atomic E-state index is 0.447. The topological polar surface area (TPSA) is 35.3 Å². The second-order valence-electron chi connectivity index (χ2n) is 3.41. The van der Waals surface area contributed by atoms with Gasteiger partial charge in [0.1, 0.15) is 24.3 Å². The molecule has 0 aliphatic rings. The van der Waals surface area contributed by atoms with Gasteiger partial charge >= 0.3 is 0 Å². The molecule has 0 saturated heterocycles. The molecule has 0 saturated carbocycles. The Morgan fingerprint density at radius 3 is 2.73 bits per heavy atom. The molecule has 0 N–H and O–H groups in total. The molecule has 0 aliphatic carbocycles. The van der Waals surface area contributed by atoms with Gasteiger partial charge in [-0.2, -0.15) is 0 Å². The molecule has 0 aliphatic heterocycles. The minimum Gasteiger partial charge on any atom is -0.487 e. The van der Waals surface area contributed by atoms with Crippen LogP contribution in [0.3, 0.4) is 0 Å². The van der Waals surface area contributed by atoms with E-state index in [0.717, 1.165) is 17.0 Å². The monoisotopic (exact) mass is 203 g/mol. The van der Waals surface area contributed by atoms with Gasteiger partial charge in [-0.25, -0.2) is 4.98 Å². The second-order valence-corrected chi connectivity index (χ2v) is 3.41. The van der Waals surface area contributed by atoms with Crippen molar-refractivity contribution in [3.05, 3.63) is 47.7 Å². The highest BCUT2D eigenvalue weighted by molar-refractivity contribution is 5.31. The van der Waals surface area contributed by atoms with Gasteiger partial charge in [-0.1, -0.05) is 18.2 Å². The molecule has 0 atom stereocenters. The molecule has 0 unspecified atom stereocenters. The number of hydrogen-bond donors (Lipinski definition) is 0. The van der Waals surface area contributed by atoms with Gasteiger partial charge in [0.15, 0.2) is 5.89 Å². The van der Waals surface area contributed by atoms with Crippen LogP contribution in [0.1, 0.15) is 17.1 Å². The first-order valence-electron chi connectivity index (χ1n) is 4.85. The SMILES string of the molecule is Cc1nc(COc2ccccc2C)co1. The van der Waals surface area contributed by atoms with Crippen LogP contribution in [0.4, 0.5) is 0 Å². The molecule has 3 heteroatoms. The van der Waals surface area contributed by atoms with E-state index in [1.54, 1.807) is 6.26 Å². The lowest BCUT2D eigenvalue weighted by Crippen LogP contribution is -1.97. The molecule has 1 heterocycles. The molecule has 2 rings (SSSR count). The van der Waals surface area contributed by atoms with Crippen molar-refractivity contribution in [2.75, 3.05) is 0 Å². The molecule has 0 fully saturated rings. The molecular weight excluding hydrogens is 190 g/mol. The van der Waals surface area contributed by atoms with Gasteiger partial charge in [-0.05, 0) is 18.6 Å².